The summed E-state index contributed by atoms with van der Waals surface area (Å²) in [5, 5.41) is 2.55. The first-order valence-corrected chi connectivity index (χ1v) is 4.37. The van der Waals surface area contributed by atoms with E-state index in [9.17, 15) is 9.59 Å². The van der Waals surface area contributed by atoms with Gasteiger partial charge in [0.25, 0.3) is 0 Å². The van der Waals surface area contributed by atoms with Crippen molar-refractivity contribution < 1.29 is 9.59 Å². The molecule has 0 heterocycles. The van der Waals surface area contributed by atoms with Gasteiger partial charge >= 0.3 is 6.03 Å². The molecule has 0 fully saturated rings. The fourth-order valence-electron chi connectivity index (χ4n) is 1.05. The van der Waals surface area contributed by atoms with Crippen LogP contribution in [0.5, 0.6) is 0 Å². The highest BCUT2D eigenvalue weighted by Gasteiger charge is 2.12. The molecule has 14 heavy (non-hydrogen) atoms. The molecule has 0 spiro atoms. The summed E-state index contributed by atoms with van der Waals surface area (Å²) >= 11 is 0. The maximum absolute atomic E-state index is 11.4. The van der Waals surface area contributed by atoms with E-state index in [1.54, 1.807) is 31.2 Å². The standard InChI is InChI=1S/C10H12N2O2/c1-2-11-10(14)12(8-13)9-6-4-3-5-7-9/h3-8H,2H2,1H3,(H,11,14). The van der Waals surface area contributed by atoms with Gasteiger partial charge in [-0.1, -0.05) is 18.2 Å². The second-order valence-electron chi connectivity index (χ2n) is 2.65. The first kappa shape index (κ1) is 10.2. The van der Waals surface area contributed by atoms with Crippen molar-refractivity contribution in [2.75, 3.05) is 11.4 Å². The van der Waals surface area contributed by atoms with E-state index in [4.69, 9.17) is 0 Å². The van der Waals surface area contributed by atoms with Crippen molar-refractivity contribution in [3.63, 3.8) is 0 Å². The largest absolute Gasteiger partial charge is 0.338 e. The van der Waals surface area contributed by atoms with E-state index in [0.29, 0.717) is 18.6 Å². The van der Waals surface area contributed by atoms with E-state index in [0.717, 1.165) is 4.90 Å². The van der Waals surface area contributed by atoms with Gasteiger partial charge in [0.1, 0.15) is 0 Å². The molecule has 0 radical (unpaired) electrons. The normalized spacial score (nSPS) is 9.21. The van der Waals surface area contributed by atoms with Crippen LogP contribution in [0.15, 0.2) is 30.3 Å². The van der Waals surface area contributed by atoms with E-state index in [2.05, 4.69) is 5.32 Å². The van der Waals surface area contributed by atoms with E-state index in [-0.39, 0.29) is 0 Å². The first-order valence-electron chi connectivity index (χ1n) is 4.37. The predicted octanol–water partition coefficient (Wildman–Crippen LogP) is 1.38. The van der Waals surface area contributed by atoms with Crippen molar-refractivity contribution in [1.82, 2.24) is 5.32 Å². The van der Waals surface area contributed by atoms with Crippen LogP contribution in [0.1, 0.15) is 6.92 Å². The number of hydrogen-bond acceptors (Lipinski definition) is 2. The molecule has 0 bridgehead atoms. The summed E-state index contributed by atoms with van der Waals surface area (Å²) in [7, 11) is 0. The van der Waals surface area contributed by atoms with Crippen molar-refractivity contribution in [2.45, 2.75) is 6.92 Å². The number of hydrogen-bond donors (Lipinski definition) is 1. The number of nitrogens with one attached hydrogen (secondary N) is 1. The molecule has 0 aliphatic carbocycles. The molecular formula is C10H12N2O2. The van der Waals surface area contributed by atoms with Gasteiger partial charge < -0.3 is 5.32 Å². The minimum Gasteiger partial charge on any atom is -0.338 e. The summed E-state index contributed by atoms with van der Waals surface area (Å²) < 4.78 is 0. The Hall–Kier alpha value is -1.84. The molecule has 0 unspecified atom stereocenters. The van der Waals surface area contributed by atoms with Gasteiger partial charge in [0.2, 0.25) is 6.41 Å². The Morgan fingerprint density at radius 3 is 2.57 bits per heavy atom. The third-order valence-corrected chi connectivity index (χ3v) is 1.69. The molecule has 74 valence electrons. The van der Waals surface area contributed by atoms with E-state index in [1.165, 1.54) is 0 Å². The molecule has 1 rings (SSSR count). The highest BCUT2D eigenvalue weighted by atomic mass is 16.2. The smallest absolute Gasteiger partial charge is 0.328 e. The molecule has 4 heteroatoms. The fraction of sp³-hybridized carbons (Fsp3) is 0.200. The van der Waals surface area contributed by atoms with Crippen LogP contribution in [-0.2, 0) is 4.79 Å². The number of carbonyl (C=O) groups is 2. The van der Waals surface area contributed by atoms with Crippen LogP contribution in [0.2, 0.25) is 0 Å². The predicted molar refractivity (Wildman–Crippen MR) is 54.1 cm³/mol. The number of anilines is 1. The molecular weight excluding hydrogens is 180 g/mol. The van der Waals surface area contributed by atoms with Gasteiger partial charge in [-0.05, 0) is 19.1 Å². The van der Waals surface area contributed by atoms with Crippen LogP contribution in [0.4, 0.5) is 10.5 Å². The molecule has 0 aliphatic rings. The maximum atomic E-state index is 11.4. The van der Waals surface area contributed by atoms with Crippen molar-refractivity contribution in [3.8, 4) is 0 Å². The second kappa shape index (κ2) is 5.01. The molecule has 0 saturated carbocycles. The SMILES string of the molecule is CCNC(=O)N(C=O)c1ccccc1. The Balaban J connectivity index is 2.82. The third-order valence-electron chi connectivity index (χ3n) is 1.69. The minimum absolute atomic E-state index is 0.409. The summed E-state index contributed by atoms with van der Waals surface area (Å²) in [5.74, 6) is 0. The van der Waals surface area contributed by atoms with Gasteiger partial charge in [-0.3, -0.25) is 4.79 Å². The highest BCUT2D eigenvalue weighted by Crippen LogP contribution is 2.10. The molecule has 1 aromatic rings. The number of nitrogens with zero attached hydrogens (tertiary/aromatic N) is 1. The Morgan fingerprint density at radius 1 is 1.43 bits per heavy atom. The van der Waals surface area contributed by atoms with E-state index in [1.807, 2.05) is 6.07 Å². The lowest BCUT2D eigenvalue weighted by molar-refractivity contribution is -0.106. The Bertz CT molecular complexity index is 311. The zero-order valence-electron chi connectivity index (χ0n) is 7.93. The van der Waals surface area contributed by atoms with Gasteiger partial charge in [-0.2, -0.15) is 0 Å². The Morgan fingerprint density at radius 2 is 2.07 bits per heavy atom. The van der Waals surface area contributed by atoms with Gasteiger partial charge in [-0.25, -0.2) is 9.69 Å². The number of rotatable bonds is 3. The second-order valence-corrected chi connectivity index (χ2v) is 2.65. The monoisotopic (exact) mass is 192 g/mol. The van der Waals surface area contributed by atoms with Gasteiger partial charge in [0, 0.05) is 6.54 Å². The van der Waals surface area contributed by atoms with Crippen LogP contribution in [-0.4, -0.2) is 19.0 Å². The molecule has 0 aliphatic heterocycles. The highest BCUT2D eigenvalue weighted by molar-refractivity contribution is 6.05. The average Bonchev–Trinajstić information content (AvgIpc) is 2.21. The lowest BCUT2D eigenvalue weighted by Crippen LogP contribution is -2.38. The van der Waals surface area contributed by atoms with Crippen LogP contribution in [0.3, 0.4) is 0 Å². The van der Waals surface area contributed by atoms with Crippen molar-refractivity contribution >= 4 is 18.1 Å². The Kier molecular flexibility index (Phi) is 3.67. The zero-order chi connectivity index (χ0) is 10.4. The molecule has 4 nitrogen and oxygen atoms in total. The lowest BCUT2D eigenvalue weighted by atomic mass is 10.3. The average molecular weight is 192 g/mol. The van der Waals surface area contributed by atoms with Gasteiger partial charge in [0.05, 0.1) is 5.69 Å². The van der Waals surface area contributed by atoms with Gasteiger partial charge in [-0.15, -0.1) is 0 Å². The number of amides is 3. The van der Waals surface area contributed by atoms with Crippen LogP contribution < -0.4 is 10.2 Å². The van der Waals surface area contributed by atoms with Crippen molar-refractivity contribution in [1.29, 1.82) is 0 Å². The number of benzene rings is 1. The molecule has 1 N–H and O–H groups in total. The number of urea groups is 1. The topological polar surface area (TPSA) is 49.4 Å². The summed E-state index contributed by atoms with van der Waals surface area (Å²) in [6.45, 7) is 2.29. The number of imide groups is 1. The summed E-state index contributed by atoms with van der Waals surface area (Å²) in [4.78, 5) is 23.1. The van der Waals surface area contributed by atoms with Crippen LogP contribution in [0.25, 0.3) is 0 Å². The minimum atomic E-state index is -0.409. The molecule has 0 aromatic heterocycles. The van der Waals surface area contributed by atoms with Crippen LogP contribution in [0, 0.1) is 0 Å². The summed E-state index contributed by atoms with van der Waals surface area (Å²) in [6.07, 6.45) is 0.500. The fourth-order valence-corrected chi connectivity index (χ4v) is 1.05. The molecule has 1 aromatic carbocycles. The third kappa shape index (κ3) is 2.32. The van der Waals surface area contributed by atoms with E-state index < -0.39 is 6.03 Å². The maximum Gasteiger partial charge on any atom is 0.328 e. The molecule has 0 atom stereocenters. The van der Waals surface area contributed by atoms with Crippen LogP contribution >= 0.6 is 0 Å². The quantitative estimate of drug-likeness (QED) is 0.735. The van der Waals surface area contributed by atoms with Crippen molar-refractivity contribution in [2.24, 2.45) is 0 Å². The number of para-hydroxylation sites is 1. The number of carbonyl (C=O) groups excluding carboxylic acids is 2. The van der Waals surface area contributed by atoms with Gasteiger partial charge in [0.15, 0.2) is 0 Å². The summed E-state index contributed by atoms with van der Waals surface area (Å²) in [5.41, 5.74) is 0.563. The molecule has 0 saturated heterocycles. The summed E-state index contributed by atoms with van der Waals surface area (Å²) in [6, 6.07) is 8.35. The Labute approximate surface area is 82.5 Å². The molecule has 3 amide bonds. The van der Waals surface area contributed by atoms with E-state index >= 15 is 0 Å². The zero-order valence-corrected chi connectivity index (χ0v) is 7.93. The lowest BCUT2D eigenvalue weighted by Gasteiger charge is -2.15. The first-order chi connectivity index (χ1) is 6.79. The van der Waals surface area contributed by atoms with Crippen molar-refractivity contribution in [3.05, 3.63) is 30.3 Å².